The average molecular weight is 480 g/mol. The molecule has 0 radical (unpaired) electrons. The molecule has 3 aromatic rings. The summed E-state index contributed by atoms with van der Waals surface area (Å²) in [7, 11) is -4.17. The van der Waals surface area contributed by atoms with Crippen LogP contribution in [0.5, 0.6) is 5.75 Å². The highest BCUT2D eigenvalue weighted by Crippen LogP contribution is 2.33. The SMILES string of the molecule is CCOc1ccc2nc(S(=O)(=O)NC(=O)C3(C)CCN3C(=O)Cc3ccsc3)sc2c1. The van der Waals surface area contributed by atoms with Gasteiger partial charge in [0.25, 0.3) is 15.9 Å². The molecule has 8 nitrogen and oxygen atoms in total. The summed E-state index contributed by atoms with van der Waals surface area (Å²) >= 11 is 2.45. The van der Waals surface area contributed by atoms with Crippen LogP contribution < -0.4 is 9.46 Å². The molecular weight excluding hydrogens is 458 g/mol. The van der Waals surface area contributed by atoms with Crippen LogP contribution in [-0.2, 0) is 26.0 Å². The molecule has 1 N–H and O–H groups in total. The maximum Gasteiger partial charge on any atom is 0.291 e. The van der Waals surface area contributed by atoms with Crippen molar-refractivity contribution in [3.05, 3.63) is 40.6 Å². The molecule has 164 valence electrons. The molecular formula is C20H21N3O5S3. The number of thiophene rings is 1. The third kappa shape index (κ3) is 4.17. The maximum absolute atomic E-state index is 12.9. The first-order chi connectivity index (χ1) is 14.7. The number of aromatic nitrogens is 1. The molecule has 0 saturated carbocycles. The Balaban J connectivity index is 1.50. The Morgan fingerprint density at radius 3 is 2.77 bits per heavy atom. The minimum Gasteiger partial charge on any atom is -0.494 e. The van der Waals surface area contributed by atoms with E-state index in [1.165, 1.54) is 16.2 Å². The van der Waals surface area contributed by atoms with Crippen molar-refractivity contribution in [2.75, 3.05) is 13.2 Å². The summed E-state index contributed by atoms with van der Waals surface area (Å²) in [5.74, 6) is -0.316. The second-order valence-electron chi connectivity index (χ2n) is 7.35. The number of nitrogens with one attached hydrogen (secondary N) is 1. The lowest BCUT2D eigenvalue weighted by atomic mass is 9.85. The Kier molecular flexibility index (Phi) is 5.75. The van der Waals surface area contributed by atoms with Gasteiger partial charge in [-0.3, -0.25) is 9.59 Å². The lowest BCUT2D eigenvalue weighted by Crippen LogP contribution is -2.68. The van der Waals surface area contributed by atoms with E-state index in [1.807, 2.05) is 23.8 Å². The van der Waals surface area contributed by atoms with Crippen molar-refractivity contribution in [3.8, 4) is 5.75 Å². The summed E-state index contributed by atoms with van der Waals surface area (Å²) in [5, 5.41) is 3.76. The van der Waals surface area contributed by atoms with Crippen molar-refractivity contribution in [1.82, 2.24) is 14.6 Å². The van der Waals surface area contributed by atoms with Crippen LogP contribution >= 0.6 is 22.7 Å². The van der Waals surface area contributed by atoms with Crippen molar-refractivity contribution >= 4 is 54.7 Å². The Labute approximate surface area is 187 Å². The van der Waals surface area contributed by atoms with Gasteiger partial charge in [-0.15, -0.1) is 11.3 Å². The van der Waals surface area contributed by atoms with Gasteiger partial charge in [-0.2, -0.15) is 19.8 Å². The summed E-state index contributed by atoms with van der Waals surface area (Å²) in [6.45, 7) is 4.34. The van der Waals surface area contributed by atoms with Crippen LogP contribution in [0.3, 0.4) is 0 Å². The first kappa shape index (κ1) is 21.7. The fourth-order valence-electron chi connectivity index (χ4n) is 3.39. The molecule has 1 aromatic carbocycles. The highest BCUT2D eigenvalue weighted by Gasteiger charge is 2.50. The molecule has 2 aromatic heterocycles. The molecule has 0 bridgehead atoms. The van der Waals surface area contributed by atoms with E-state index in [4.69, 9.17) is 4.74 Å². The van der Waals surface area contributed by atoms with Crippen molar-refractivity contribution in [1.29, 1.82) is 0 Å². The fourth-order valence-corrected chi connectivity index (χ4v) is 6.39. The van der Waals surface area contributed by atoms with E-state index in [0.717, 1.165) is 16.9 Å². The summed E-state index contributed by atoms with van der Waals surface area (Å²) in [6.07, 6.45) is 0.570. The number of hydrogen-bond donors (Lipinski definition) is 1. The minimum absolute atomic E-state index is 0.180. The van der Waals surface area contributed by atoms with Crippen LogP contribution in [0.15, 0.2) is 39.4 Å². The first-order valence-electron chi connectivity index (χ1n) is 9.65. The third-order valence-electron chi connectivity index (χ3n) is 5.25. The van der Waals surface area contributed by atoms with Gasteiger partial charge in [0.15, 0.2) is 0 Å². The molecule has 31 heavy (non-hydrogen) atoms. The van der Waals surface area contributed by atoms with Gasteiger partial charge in [-0.1, -0.05) is 0 Å². The molecule has 1 aliphatic heterocycles. The predicted molar refractivity (Wildman–Crippen MR) is 119 cm³/mol. The Morgan fingerprint density at radius 1 is 1.32 bits per heavy atom. The number of likely N-dealkylation sites (tertiary alicyclic amines) is 1. The number of amides is 2. The second kappa shape index (κ2) is 8.21. The molecule has 4 rings (SSSR count). The predicted octanol–water partition coefficient (Wildman–Crippen LogP) is 2.80. The highest BCUT2D eigenvalue weighted by atomic mass is 32.2. The zero-order valence-electron chi connectivity index (χ0n) is 17.0. The van der Waals surface area contributed by atoms with Gasteiger partial charge < -0.3 is 9.64 Å². The minimum atomic E-state index is -4.17. The molecule has 11 heteroatoms. The molecule has 1 unspecified atom stereocenters. The van der Waals surface area contributed by atoms with Gasteiger partial charge in [-0.25, -0.2) is 9.71 Å². The standard InChI is InChI=1S/C20H21N3O5S3/c1-3-28-14-4-5-15-16(11-14)30-19(21-15)31(26,27)22-18(25)20(2)7-8-23(20)17(24)10-13-6-9-29-12-13/h4-6,9,11-12H,3,7-8,10H2,1-2H3,(H,22,25). The lowest BCUT2D eigenvalue weighted by Gasteiger charge is -2.48. The molecule has 0 aliphatic carbocycles. The largest absolute Gasteiger partial charge is 0.494 e. The van der Waals surface area contributed by atoms with E-state index >= 15 is 0 Å². The normalized spacial score (nSPS) is 18.6. The van der Waals surface area contributed by atoms with Crippen molar-refractivity contribution < 1.29 is 22.7 Å². The Hall–Kier alpha value is -2.50. The van der Waals surface area contributed by atoms with Crippen LogP contribution in [0.2, 0.25) is 0 Å². The van der Waals surface area contributed by atoms with E-state index in [0.29, 0.717) is 35.5 Å². The third-order valence-corrected chi connectivity index (χ3v) is 8.71. The maximum atomic E-state index is 12.9. The summed E-state index contributed by atoms with van der Waals surface area (Å²) in [5.41, 5.74) is 0.167. The molecule has 3 heterocycles. The number of sulfonamides is 1. The molecule has 1 atom stereocenters. The summed E-state index contributed by atoms with van der Waals surface area (Å²) in [6, 6.07) is 6.96. The van der Waals surface area contributed by atoms with Crippen LogP contribution in [0.25, 0.3) is 10.2 Å². The van der Waals surface area contributed by atoms with E-state index in [9.17, 15) is 18.0 Å². The van der Waals surface area contributed by atoms with Crippen molar-refractivity contribution in [3.63, 3.8) is 0 Å². The molecule has 2 amide bonds. The number of nitrogens with zero attached hydrogens (tertiary/aromatic N) is 2. The summed E-state index contributed by atoms with van der Waals surface area (Å²) in [4.78, 5) is 31.1. The monoisotopic (exact) mass is 479 g/mol. The van der Waals surface area contributed by atoms with Crippen LogP contribution in [0, 0.1) is 0 Å². The van der Waals surface area contributed by atoms with Gasteiger partial charge in [0.1, 0.15) is 11.3 Å². The van der Waals surface area contributed by atoms with E-state index in [-0.39, 0.29) is 16.7 Å². The number of hydrogen-bond acceptors (Lipinski definition) is 8. The highest BCUT2D eigenvalue weighted by molar-refractivity contribution is 7.92. The average Bonchev–Trinajstić information content (AvgIpc) is 3.35. The van der Waals surface area contributed by atoms with Gasteiger partial charge >= 0.3 is 0 Å². The number of ether oxygens (including phenoxy) is 1. The topological polar surface area (TPSA) is 106 Å². The van der Waals surface area contributed by atoms with Gasteiger partial charge in [-0.05, 0) is 60.9 Å². The quantitative estimate of drug-likeness (QED) is 0.559. The van der Waals surface area contributed by atoms with E-state index in [1.54, 1.807) is 25.1 Å². The zero-order chi connectivity index (χ0) is 22.2. The van der Waals surface area contributed by atoms with E-state index < -0.39 is 21.5 Å². The van der Waals surface area contributed by atoms with Crippen LogP contribution in [0.1, 0.15) is 25.8 Å². The molecule has 1 fully saturated rings. The number of rotatable bonds is 7. The first-order valence-corrected chi connectivity index (χ1v) is 12.9. The van der Waals surface area contributed by atoms with Crippen LogP contribution in [-0.4, -0.2) is 48.8 Å². The van der Waals surface area contributed by atoms with Crippen LogP contribution in [0.4, 0.5) is 0 Å². The number of benzene rings is 1. The van der Waals surface area contributed by atoms with Gasteiger partial charge in [0, 0.05) is 6.54 Å². The number of fused-ring (bicyclic) bond motifs is 1. The lowest BCUT2D eigenvalue weighted by molar-refractivity contribution is -0.156. The Bertz CT molecular complexity index is 1240. The fraction of sp³-hybridized carbons (Fsp3) is 0.350. The summed E-state index contributed by atoms with van der Waals surface area (Å²) < 4.78 is 33.6. The smallest absolute Gasteiger partial charge is 0.291 e. The zero-order valence-corrected chi connectivity index (χ0v) is 19.4. The van der Waals surface area contributed by atoms with Crippen molar-refractivity contribution in [2.24, 2.45) is 0 Å². The van der Waals surface area contributed by atoms with E-state index in [2.05, 4.69) is 9.71 Å². The van der Waals surface area contributed by atoms with Gasteiger partial charge in [0.05, 0.1) is 23.2 Å². The molecule has 1 saturated heterocycles. The Morgan fingerprint density at radius 2 is 2.13 bits per heavy atom. The number of carbonyl (C=O) groups is 2. The second-order valence-corrected chi connectivity index (χ2v) is 11.0. The molecule has 0 spiro atoms. The number of thiazole rings is 1. The molecule has 1 aliphatic rings. The number of carbonyl (C=O) groups excluding carboxylic acids is 2. The van der Waals surface area contributed by atoms with Gasteiger partial charge in [0.2, 0.25) is 10.2 Å². The van der Waals surface area contributed by atoms with Crippen molar-refractivity contribution in [2.45, 2.75) is 36.6 Å².